The van der Waals surface area contributed by atoms with Gasteiger partial charge in [0.05, 0.1) is 7.11 Å². The maximum absolute atomic E-state index is 11.9. The van der Waals surface area contributed by atoms with Gasteiger partial charge in [0.25, 0.3) is 0 Å². The summed E-state index contributed by atoms with van der Waals surface area (Å²) in [5.41, 5.74) is 3.22. The van der Waals surface area contributed by atoms with E-state index in [0.29, 0.717) is 24.5 Å². The topological polar surface area (TPSA) is 50.4 Å². The zero-order valence-corrected chi connectivity index (χ0v) is 14.8. The van der Waals surface area contributed by atoms with E-state index in [0.717, 1.165) is 29.0 Å². The second-order valence-corrected chi connectivity index (χ2v) is 6.02. The van der Waals surface area contributed by atoms with E-state index in [-0.39, 0.29) is 5.91 Å². The Balaban J connectivity index is 1.68. The third kappa shape index (κ3) is 5.78. The van der Waals surface area contributed by atoms with Gasteiger partial charge in [0.15, 0.2) is 0 Å². The molecule has 5 heteroatoms. The smallest absolute Gasteiger partial charge is 0.221 e. The van der Waals surface area contributed by atoms with Crippen LogP contribution in [-0.4, -0.2) is 26.1 Å². The lowest BCUT2D eigenvalue weighted by molar-refractivity contribution is -0.120. The zero-order chi connectivity index (χ0) is 17.4. The first-order chi connectivity index (χ1) is 11.6. The highest BCUT2D eigenvalue weighted by molar-refractivity contribution is 6.30. The van der Waals surface area contributed by atoms with Crippen LogP contribution < -0.4 is 15.4 Å². The van der Waals surface area contributed by atoms with Gasteiger partial charge in [-0.25, -0.2) is 0 Å². The van der Waals surface area contributed by atoms with Crippen molar-refractivity contribution in [2.24, 2.45) is 0 Å². The van der Waals surface area contributed by atoms with Gasteiger partial charge in [-0.05, 0) is 54.8 Å². The Morgan fingerprint density at radius 2 is 2.00 bits per heavy atom. The van der Waals surface area contributed by atoms with Gasteiger partial charge in [0.1, 0.15) is 5.75 Å². The first kappa shape index (κ1) is 18.1. The van der Waals surface area contributed by atoms with Crippen LogP contribution >= 0.6 is 11.6 Å². The Labute approximate surface area is 148 Å². The minimum atomic E-state index is 0.0389. The number of rotatable bonds is 8. The Bertz CT molecular complexity index is 689. The van der Waals surface area contributed by atoms with E-state index in [2.05, 4.69) is 10.6 Å². The molecule has 0 saturated heterocycles. The molecule has 2 aromatic carbocycles. The number of nitrogens with one attached hydrogen (secondary N) is 2. The fourth-order valence-electron chi connectivity index (χ4n) is 2.40. The summed E-state index contributed by atoms with van der Waals surface area (Å²) in [5.74, 6) is 0.873. The number of aryl methyl sites for hydroxylation is 1. The summed E-state index contributed by atoms with van der Waals surface area (Å²) in [6, 6.07) is 13.5. The second kappa shape index (κ2) is 9.18. The lowest BCUT2D eigenvalue weighted by atomic mass is 10.1. The maximum atomic E-state index is 11.9. The highest BCUT2D eigenvalue weighted by Gasteiger charge is 2.03. The van der Waals surface area contributed by atoms with Crippen LogP contribution in [-0.2, 0) is 11.2 Å². The molecule has 4 nitrogen and oxygen atoms in total. The number of hydrogen-bond acceptors (Lipinski definition) is 3. The van der Waals surface area contributed by atoms with Crippen molar-refractivity contribution in [1.82, 2.24) is 5.32 Å². The van der Waals surface area contributed by atoms with Crippen LogP contribution in [0.5, 0.6) is 5.75 Å². The quantitative estimate of drug-likeness (QED) is 0.764. The van der Waals surface area contributed by atoms with Crippen LogP contribution in [0.2, 0.25) is 5.02 Å². The number of anilines is 1. The molecule has 0 spiro atoms. The van der Waals surface area contributed by atoms with E-state index in [1.165, 1.54) is 0 Å². The van der Waals surface area contributed by atoms with Gasteiger partial charge >= 0.3 is 0 Å². The number of carbonyl (C=O) groups is 1. The number of carbonyl (C=O) groups excluding carboxylic acids is 1. The van der Waals surface area contributed by atoms with Crippen LogP contribution in [0, 0.1) is 6.92 Å². The molecular weight excluding hydrogens is 324 g/mol. The third-order valence-corrected chi connectivity index (χ3v) is 3.96. The normalized spacial score (nSPS) is 10.3. The number of hydrogen-bond donors (Lipinski definition) is 2. The first-order valence-corrected chi connectivity index (χ1v) is 8.36. The molecule has 0 saturated carbocycles. The van der Waals surface area contributed by atoms with Crippen molar-refractivity contribution in [2.75, 3.05) is 25.5 Å². The molecule has 0 aromatic heterocycles. The molecule has 0 aliphatic rings. The summed E-state index contributed by atoms with van der Waals surface area (Å²) in [7, 11) is 1.65. The Morgan fingerprint density at radius 1 is 1.17 bits per heavy atom. The molecule has 2 N–H and O–H groups in total. The highest BCUT2D eigenvalue weighted by atomic mass is 35.5. The number of halogens is 1. The van der Waals surface area contributed by atoms with E-state index in [1.807, 2.05) is 49.4 Å². The van der Waals surface area contributed by atoms with Gasteiger partial charge in [-0.1, -0.05) is 23.7 Å². The van der Waals surface area contributed by atoms with Gasteiger partial charge in [0.2, 0.25) is 5.91 Å². The lowest BCUT2D eigenvalue weighted by Gasteiger charge is -2.10. The summed E-state index contributed by atoms with van der Waals surface area (Å²) in [5, 5.41) is 6.91. The maximum Gasteiger partial charge on any atom is 0.221 e. The van der Waals surface area contributed by atoms with Crippen molar-refractivity contribution in [3.05, 3.63) is 58.6 Å². The fraction of sp³-hybridized carbons (Fsp3) is 0.316. The standard InChI is InChI=1S/C19H23ClN2O2/c1-14-12-16(20)6-7-18(14)21-11-9-19(23)22-10-8-15-4-3-5-17(13-15)24-2/h3-7,12-13,21H,8-11H2,1-2H3,(H,22,23). The average Bonchev–Trinajstić information content (AvgIpc) is 2.57. The van der Waals surface area contributed by atoms with Gasteiger partial charge < -0.3 is 15.4 Å². The molecule has 2 aromatic rings. The summed E-state index contributed by atoms with van der Waals surface area (Å²) < 4.78 is 5.19. The van der Waals surface area contributed by atoms with E-state index in [1.54, 1.807) is 7.11 Å². The van der Waals surface area contributed by atoms with Crippen molar-refractivity contribution < 1.29 is 9.53 Å². The van der Waals surface area contributed by atoms with Crippen LogP contribution in [0.3, 0.4) is 0 Å². The fourth-order valence-corrected chi connectivity index (χ4v) is 2.63. The van der Waals surface area contributed by atoms with Gasteiger partial charge in [-0.3, -0.25) is 4.79 Å². The van der Waals surface area contributed by atoms with Gasteiger partial charge in [-0.15, -0.1) is 0 Å². The third-order valence-electron chi connectivity index (χ3n) is 3.73. The summed E-state index contributed by atoms with van der Waals surface area (Å²) >= 11 is 5.93. The summed E-state index contributed by atoms with van der Waals surface area (Å²) in [4.78, 5) is 11.9. The zero-order valence-electron chi connectivity index (χ0n) is 14.1. The van der Waals surface area contributed by atoms with Gasteiger partial charge in [-0.2, -0.15) is 0 Å². The molecule has 0 unspecified atom stereocenters. The molecule has 0 aliphatic heterocycles. The molecule has 0 radical (unpaired) electrons. The Hall–Kier alpha value is -2.20. The van der Waals surface area contributed by atoms with E-state index in [4.69, 9.17) is 16.3 Å². The van der Waals surface area contributed by atoms with Crippen LogP contribution in [0.15, 0.2) is 42.5 Å². The van der Waals surface area contributed by atoms with Crippen molar-refractivity contribution in [2.45, 2.75) is 19.8 Å². The SMILES string of the molecule is COc1cccc(CCNC(=O)CCNc2ccc(Cl)cc2C)c1. The highest BCUT2D eigenvalue weighted by Crippen LogP contribution is 2.19. The molecule has 0 atom stereocenters. The molecule has 0 bridgehead atoms. The predicted octanol–water partition coefficient (Wildman–Crippen LogP) is 3.82. The average molecular weight is 347 g/mol. The molecule has 0 aliphatic carbocycles. The summed E-state index contributed by atoms with van der Waals surface area (Å²) in [6.07, 6.45) is 1.22. The number of benzene rings is 2. The van der Waals surface area contributed by atoms with E-state index >= 15 is 0 Å². The molecule has 2 rings (SSSR count). The Morgan fingerprint density at radius 3 is 2.75 bits per heavy atom. The first-order valence-electron chi connectivity index (χ1n) is 7.98. The van der Waals surface area contributed by atoms with E-state index < -0.39 is 0 Å². The molecule has 1 amide bonds. The monoisotopic (exact) mass is 346 g/mol. The molecule has 24 heavy (non-hydrogen) atoms. The van der Waals surface area contributed by atoms with Crippen molar-refractivity contribution >= 4 is 23.2 Å². The van der Waals surface area contributed by atoms with Crippen LogP contribution in [0.1, 0.15) is 17.5 Å². The van der Waals surface area contributed by atoms with Crippen molar-refractivity contribution in [3.63, 3.8) is 0 Å². The number of methoxy groups -OCH3 is 1. The number of amides is 1. The van der Waals surface area contributed by atoms with Crippen LogP contribution in [0.25, 0.3) is 0 Å². The molecular formula is C19H23ClN2O2. The second-order valence-electron chi connectivity index (χ2n) is 5.59. The minimum Gasteiger partial charge on any atom is -0.497 e. The molecule has 0 heterocycles. The van der Waals surface area contributed by atoms with E-state index in [9.17, 15) is 4.79 Å². The van der Waals surface area contributed by atoms with Crippen molar-refractivity contribution in [1.29, 1.82) is 0 Å². The number of ether oxygens (including phenoxy) is 1. The summed E-state index contributed by atoms with van der Waals surface area (Å²) in [6.45, 7) is 3.20. The Kier molecular flexibility index (Phi) is 6.94. The minimum absolute atomic E-state index is 0.0389. The lowest BCUT2D eigenvalue weighted by Crippen LogP contribution is -2.27. The largest absolute Gasteiger partial charge is 0.497 e. The predicted molar refractivity (Wildman–Crippen MR) is 99.0 cm³/mol. The molecule has 128 valence electrons. The van der Waals surface area contributed by atoms with Crippen LogP contribution in [0.4, 0.5) is 5.69 Å². The van der Waals surface area contributed by atoms with Gasteiger partial charge in [0, 0.05) is 30.2 Å². The van der Waals surface area contributed by atoms with Crippen molar-refractivity contribution in [3.8, 4) is 5.75 Å². The molecule has 0 fully saturated rings.